The van der Waals surface area contributed by atoms with Gasteiger partial charge in [-0.05, 0) is 60.0 Å². The number of nitrogens with zero attached hydrogens (tertiary/aromatic N) is 1. The van der Waals surface area contributed by atoms with Crippen LogP contribution in [0.5, 0.6) is 5.75 Å². The number of carbonyl (C=O) groups excluding carboxylic acids is 1. The number of amides is 1. The van der Waals surface area contributed by atoms with Gasteiger partial charge in [-0.25, -0.2) is 0 Å². The number of ether oxygens (including phenoxy) is 1. The molecule has 0 spiro atoms. The maximum absolute atomic E-state index is 13.5. The van der Waals surface area contributed by atoms with E-state index >= 15 is 0 Å². The summed E-state index contributed by atoms with van der Waals surface area (Å²) in [7, 11) is 1.65. The fourth-order valence-corrected chi connectivity index (χ4v) is 4.48. The summed E-state index contributed by atoms with van der Waals surface area (Å²) in [5.41, 5.74) is 5.14. The Kier molecular flexibility index (Phi) is 4.72. The van der Waals surface area contributed by atoms with Gasteiger partial charge in [0.1, 0.15) is 5.75 Å². The maximum Gasteiger partial charge on any atom is 0.254 e. The van der Waals surface area contributed by atoms with E-state index in [9.17, 15) is 4.79 Å². The molecule has 5 heteroatoms. The highest BCUT2D eigenvalue weighted by molar-refractivity contribution is 6.30. The topological polar surface area (TPSA) is 45.3 Å². The summed E-state index contributed by atoms with van der Waals surface area (Å²) in [6.07, 6.45) is 0.811. The van der Waals surface area contributed by atoms with Crippen LogP contribution in [0.25, 0.3) is 10.9 Å². The van der Waals surface area contributed by atoms with Crippen LogP contribution >= 0.6 is 11.6 Å². The molecule has 1 N–H and O–H groups in total. The maximum atomic E-state index is 13.5. The van der Waals surface area contributed by atoms with Crippen LogP contribution in [0.1, 0.15) is 33.2 Å². The lowest BCUT2D eigenvalue weighted by Gasteiger charge is -2.36. The van der Waals surface area contributed by atoms with E-state index in [-0.39, 0.29) is 11.9 Å². The highest BCUT2D eigenvalue weighted by Crippen LogP contribution is 2.39. The van der Waals surface area contributed by atoms with Crippen molar-refractivity contribution in [2.45, 2.75) is 12.5 Å². The van der Waals surface area contributed by atoms with E-state index in [0.717, 1.165) is 28.9 Å². The van der Waals surface area contributed by atoms with E-state index in [4.69, 9.17) is 16.3 Å². The van der Waals surface area contributed by atoms with Crippen LogP contribution in [0.2, 0.25) is 5.02 Å². The number of nitrogens with one attached hydrogen (secondary N) is 1. The minimum atomic E-state index is -0.199. The van der Waals surface area contributed by atoms with E-state index in [1.54, 1.807) is 31.4 Å². The number of rotatable bonds is 3. The van der Waals surface area contributed by atoms with E-state index in [1.807, 2.05) is 35.2 Å². The van der Waals surface area contributed by atoms with Gasteiger partial charge in [0.2, 0.25) is 0 Å². The third-order valence-electron chi connectivity index (χ3n) is 5.82. The fraction of sp³-hybridized carbons (Fsp3) is 0.160. The highest BCUT2D eigenvalue weighted by atomic mass is 35.5. The molecule has 0 fully saturated rings. The number of H-pyrrole nitrogens is 1. The Labute approximate surface area is 180 Å². The van der Waals surface area contributed by atoms with Gasteiger partial charge in [0.05, 0.1) is 13.2 Å². The van der Waals surface area contributed by atoms with E-state index in [1.165, 1.54) is 10.9 Å². The third kappa shape index (κ3) is 3.14. The van der Waals surface area contributed by atoms with Crippen molar-refractivity contribution in [1.82, 2.24) is 9.88 Å². The molecule has 5 rings (SSSR count). The minimum Gasteiger partial charge on any atom is -0.497 e. The van der Waals surface area contributed by atoms with E-state index < -0.39 is 0 Å². The number of aromatic amines is 1. The molecule has 30 heavy (non-hydrogen) atoms. The Balaban J connectivity index is 1.64. The van der Waals surface area contributed by atoms with Crippen molar-refractivity contribution in [3.05, 3.63) is 100 Å². The minimum absolute atomic E-state index is 0.00297. The standard InChI is InChI=1S/C25H21ClN2O2/c1-30-19-12-8-16(9-13-19)24-23-21(20-4-2-3-5-22(20)27-23)14-15-28(24)25(29)17-6-10-18(26)11-7-17/h2-13,24,27H,14-15H2,1H3/t24-/m0/s1. The van der Waals surface area contributed by atoms with Crippen molar-refractivity contribution < 1.29 is 9.53 Å². The first-order valence-corrected chi connectivity index (χ1v) is 10.3. The Bertz CT molecular complexity index is 1210. The van der Waals surface area contributed by atoms with Crippen LogP contribution in [0.4, 0.5) is 0 Å². The monoisotopic (exact) mass is 416 g/mol. The molecule has 0 aliphatic carbocycles. The van der Waals surface area contributed by atoms with Gasteiger partial charge < -0.3 is 14.6 Å². The summed E-state index contributed by atoms with van der Waals surface area (Å²) in [6, 6.07) is 23.2. The van der Waals surface area contributed by atoms with Crippen molar-refractivity contribution in [2.24, 2.45) is 0 Å². The number of hydrogen-bond donors (Lipinski definition) is 1. The first-order valence-electron chi connectivity index (χ1n) is 9.95. The van der Waals surface area contributed by atoms with Crippen molar-refractivity contribution in [1.29, 1.82) is 0 Å². The largest absolute Gasteiger partial charge is 0.497 e. The second kappa shape index (κ2) is 7.54. The zero-order chi connectivity index (χ0) is 20.7. The van der Waals surface area contributed by atoms with Crippen molar-refractivity contribution >= 4 is 28.4 Å². The molecule has 1 aromatic heterocycles. The van der Waals surface area contributed by atoms with Gasteiger partial charge in [-0.2, -0.15) is 0 Å². The van der Waals surface area contributed by atoms with Crippen LogP contribution in [-0.2, 0) is 6.42 Å². The molecule has 150 valence electrons. The van der Waals surface area contributed by atoms with Gasteiger partial charge in [-0.15, -0.1) is 0 Å². The summed E-state index contributed by atoms with van der Waals surface area (Å²) in [4.78, 5) is 19.0. The molecule has 4 nitrogen and oxygen atoms in total. The normalized spacial score (nSPS) is 15.8. The predicted molar refractivity (Wildman–Crippen MR) is 119 cm³/mol. The Morgan fingerprint density at radius 2 is 1.77 bits per heavy atom. The van der Waals surface area contributed by atoms with Gasteiger partial charge >= 0.3 is 0 Å². The van der Waals surface area contributed by atoms with Gasteiger partial charge in [-0.1, -0.05) is 41.9 Å². The molecule has 3 aromatic carbocycles. The van der Waals surface area contributed by atoms with Gasteiger partial charge in [0, 0.05) is 33.7 Å². The molecule has 0 radical (unpaired) electrons. The smallest absolute Gasteiger partial charge is 0.254 e. The number of fused-ring (bicyclic) bond motifs is 3. The lowest BCUT2D eigenvalue weighted by molar-refractivity contribution is 0.0692. The Hall–Kier alpha value is -3.24. The zero-order valence-corrected chi connectivity index (χ0v) is 17.3. The number of hydrogen-bond acceptors (Lipinski definition) is 2. The van der Waals surface area contributed by atoms with Crippen LogP contribution in [0.15, 0.2) is 72.8 Å². The van der Waals surface area contributed by atoms with Gasteiger partial charge in [0.25, 0.3) is 5.91 Å². The van der Waals surface area contributed by atoms with Crippen molar-refractivity contribution in [2.75, 3.05) is 13.7 Å². The summed E-state index contributed by atoms with van der Waals surface area (Å²) in [6.45, 7) is 0.646. The number of methoxy groups -OCH3 is 1. The first kappa shape index (κ1) is 18.8. The Morgan fingerprint density at radius 1 is 1.03 bits per heavy atom. The van der Waals surface area contributed by atoms with E-state index in [0.29, 0.717) is 17.1 Å². The molecule has 2 heterocycles. The van der Waals surface area contributed by atoms with Crippen molar-refractivity contribution in [3.63, 3.8) is 0 Å². The summed E-state index contributed by atoms with van der Waals surface area (Å²) >= 11 is 6.03. The number of carbonyl (C=O) groups is 1. The molecule has 0 saturated heterocycles. The molecule has 0 saturated carbocycles. The molecule has 0 unspecified atom stereocenters. The molecule has 0 bridgehead atoms. The molecular formula is C25H21ClN2O2. The summed E-state index contributed by atoms with van der Waals surface area (Å²) in [5.74, 6) is 0.791. The first-order chi connectivity index (χ1) is 14.7. The van der Waals surface area contributed by atoms with E-state index in [2.05, 4.69) is 23.2 Å². The van der Waals surface area contributed by atoms with Gasteiger partial charge in [0.15, 0.2) is 0 Å². The molecule has 1 amide bonds. The second-order valence-electron chi connectivity index (χ2n) is 7.49. The molecular weight excluding hydrogens is 396 g/mol. The lowest BCUT2D eigenvalue weighted by Crippen LogP contribution is -2.40. The average Bonchev–Trinajstić information content (AvgIpc) is 3.17. The average molecular weight is 417 g/mol. The fourth-order valence-electron chi connectivity index (χ4n) is 4.35. The summed E-state index contributed by atoms with van der Waals surface area (Å²) < 4.78 is 5.33. The van der Waals surface area contributed by atoms with Crippen LogP contribution in [0, 0.1) is 0 Å². The number of halogens is 1. The molecule has 1 aliphatic heterocycles. The van der Waals surface area contributed by atoms with Crippen LogP contribution in [0.3, 0.4) is 0 Å². The number of aromatic nitrogens is 1. The zero-order valence-electron chi connectivity index (χ0n) is 16.6. The second-order valence-corrected chi connectivity index (χ2v) is 7.93. The quantitative estimate of drug-likeness (QED) is 0.471. The number of benzene rings is 3. The predicted octanol–water partition coefficient (Wildman–Crippen LogP) is 5.62. The van der Waals surface area contributed by atoms with Gasteiger partial charge in [-0.3, -0.25) is 4.79 Å². The van der Waals surface area contributed by atoms with Crippen molar-refractivity contribution in [3.8, 4) is 5.75 Å². The highest BCUT2D eigenvalue weighted by Gasteiger charge is 2.34. The Morgan fingerprint density at radius 3 is 2.50 bits per heavy atom. The third-order valence-corrected chi connectivity index (χ3v) is 6.07. The SMILES string of the molecule is COc1ccc([C@H]2c3[nH]c4ccccc4c3CCN2C(=O)c2ccc(Cl)cc2)cc1. The van der Waals surface area contributed by atoms with Crippen LogP contribution < -0.4 is 4.74 Å². The molecule has 1 aliphatic rings. The van der Waals surface area contributed by atoms with Crippen LogP contribution in [-0.4, -0.2) is 29.4 Å². The summed E-state index contributed by atoms with van der Waals surface area (Å²) in [5, 5.41) is 1.85. The number of para-hydroxylation sites is 1. The molecule has 1 atom stereocenters. The molecule has 4 aromatic rings. The lowest BCUT2D eigenvalue weighted by atomic mass is 9.91.